The van der Waals surface area contributed by atoms with E-state index in [-0.39, 0.29) is 23.4 Å². The number of aliphatic hydroxyl groups is 1. The van der Waals surface area contributed by atoms with Gasteiger partial charge < -0.3 is 24.4 Å². The summed E-state index contributed by atoms with van der Waals surface area (Å²) in [7, 11) is 5.42. The normalized spacial score (nSPS) is 17.7. The Hall–Kier alpha value is -3.32. The lowest BCUT2D eigenvalue weighted by Crippen LogP contribution is -2.35. The Labute approximate surface area is 207 Å². The zero-order chi connectivity index (χ0) is 25.9. The standard InChI is InChI=1S/C28H36N2O5/c1-17(2)22-16-20(10-13-23(22)34-7)26(31)24-25(19-8-11-21(12-9-19)35-18(3)4)30(15-14-29(5)6)28(33)27(24)32/h8-13,16-18,25,31H,14-15H2,1-7H3/b26-24-. The van der Waals surface area contributed by atoms with Crippen LogP contribution in [0.5, 0.6) is 11.5 Å². The topological polar surface area (TPSA) is 79.3 Å². The first-order valence-electron chi connectivity index (χ1n) is 11.9. The van der Waals surface area contributed by atoms with E-state index in [1.807, 2.05) is 77.0 Å². The van der Waals surface area contributed by atoms with Crippen LogP contribution in [-0.4, -0.2) is 67.0 Å². The van der Waals surface area contributed by atoms with Crippen molar-refractivity contribution in [3.63, 3.8) is 0 Å². The van der Waals surface area contributed by atoms with E-state index in [1.165, 1.54) is 0 Å². The molecule has 0 aliphatic carbocycles. The van der Waals surface area contributed by atoms with E-state index >= 15 is 0 Å². The molecule has 0 saturated carbocycles. The van der Waals surface area contributed by atoms with Crippen LogP contribution in [0.25, 0.3) is 5.76 Å². The smallest absolute Gasteiger partial charge is 0.295 e. The molecule has 1 unspecified atom stereocenters. The Morgan fingerprint density at radius 1 is 1.06 bits per heavy atom. The minimum Gasteiger partial charge on any atom is -0.507 e. The average Bonchev–Trinajstić information content (AvgIpc) is 3.06. The van der Waals surface area contributed by atoms with Gasteiger partial charge in [-0.05, 0) is 75.3 Å². The highest BCUT2D eigenvalue weighted by Crippen LogP contribution is 2.40. The van der Waals surface area contributed by atoms with Crippen molar-refractivity contribution in [2.24, 2.45) is 0 Å². The van der Waals surface area contributed by atoms with Crippen LogP contribution in [0.1, 0.15) is 56.3 Å². The summed E-state index contributed by atoms with van der Waals surface area (Å²) in [5.41, 5.74) is 2.21. The SMILES string of the molecule is COc1ccc(/C(O)=C2/C(=O)C(=O)N(CCN(C)C)C2c2ccc(OC(C)C)cc2)cc1C(C)C. The Morgan fingerprint density at radius 3 is 2.26 bits per heavy atom. The lowest BCUT2D eigenvalue weighted by Gasteiger charge is -2.27. The van der Waals surface area contributed by atoms with Gasteiger partial charge in [-0.1, -0.05) is 26.0 Å². The highest BCUT2D eigenvalue weighted by atomic mass is 16.5. The molecule has 7 nitrogen and oxygen atoms in total. The van der Waals surface area contributed by atoms with Gasteiger partial charge >= 0.3 is 0 Å². The Kier molecular flexibility index (Phi) is 8.22. The van der Waals surface area contributed by atoms with Crippen molar-refractivity contribution in [1.82, 2.24) is 9.80 Å². The van der Waals surface area contributed by atoms with E-state index in [4.69, 9.17) is 9.47 Å². The van der Waals surface area contributed by atoms with Gasteiger partial charge in [0.05, 0.1) is 24.8 Å². The Morgan fingerprint density at radius 2 is 1.71 bits per heavy atom. The second-order valence-corrected chi connectivity index (χ2v) is 9.64. The molecule has 0 radical (unpaired) electrons. The molecule has 1 fully saturated rings. The highest BCUT2D eigenvalue weighted by molar-refractivity contribution is 6.46. The van der Waals surface area contributed by atoms with Crippen LogP contribution in [0.3, 0.4) is 0 Å². The second kappa shape index (κ2) is 11.0. The molecule has 2 aromatic carbocycles. The quantitative estimate of drug-likeness (QED) is 0.321. The van der Waals surface area contributed by atoms with Crippen molar-refractivity contribution in [3.05, 3.63) is 64.7 Å². The second-order valence-electron chi connectivity index (χ2n) is 9.64. The number of rotatable bonds is 9. The number of ether oxygens (including phenoxy) is 2. The third kappa shape index (κ3) is 5.68. The van der Waals surface area contributed by atoms with Crippen molar-refractivity contribution >= 4 is 17.4 Å². The van der Waals surface area contributed by atoms with Crippen molar-refractivity contribution < 1.29 is 24.2 Å². The molecular weight excluding hydrogens is 444 g/mol. The first-order chi connectivity index (χ1) is 16.5. The minimum atomic E-state index is -0.701. The largest absolute Gasteiger partial charge is 0.507 e. The highest BCUT2D eigenvalue weighted by Gasteiger charge is 2.46. The molecule has 0 bridgehead atoms. The molecule has 1 N–H and O–H groups in total. The summed E-state index contributed by atoms with van der Waals surface area (Å²) in [6, 6.07) is 12.0. The fraction of sp³-hybridized carbons (Fsp3) is 0.429. The summed E-state index contributed by atoms with van der Waals surface area (Å²) in [6.45, 7) is 8.89. The van der Waals surface area contributed by atoms with E-state index in [0.717, 1.165) is 11.1 Å². The van der Waals surface area contributed by atoms with Gasteiger partial charge in [-0.15, -0.1) is 0 Å². The maximum atomic E-state index is 13.2. The molecule has 1 atom stereocenters. The number of nitrogens with zero attached hydrogens (tertiary/aromatic N) is 2. The maximum Gasteiger partial charge on any atom is 0.295 e. The van der Waals surface area contributed by atoms with Gasteiger partial charge in [0.2, 0.25) is 0 Å². The number of likely N-dealkylation sites (tertiary alicyclic amines) is 1. The third-order valence-corrected chi connectivity index (χ3v) is 6.02. The van der Waals surface area contributed by atoms with Crippen molar-refractivity contribution in [3.8, 4) is 11.5 Å². The fourth-order valence-electron chi connectivity index (χ4n) is 4.25. The van der Waals surface area contributed by atoms with Gasteiger partial charge in [0.1, 0.15) is 17.3 Å². The molecule has 0 aromatic heterocycles. The number of ketones is 1. The maximum absolute atomic E-state index is 13.2. The molecule has 188 valence electrons. The molecule has 7 heteroatoms. The van der Waals surface area contributed by atoms with E-state index in [0.29, 0.717) is 30.2 Å². The van der Waals surface area contributed by atoms with Crippen molar-refractivity contribution in [1.29, 1.82) is 0 Å². The minimum absolute atomic E-state index is 0.0248. The zero-order valence-electron chi connectivity index (χ0n) is 21.7. The molecule has 0 spiro atoms. The Balaban J connectivity index is 2.14. The number of hydrogen-bond acceptors (Lipinski definition) is 6. The zero-order valence-corrected chi connectivity index (χ0v) is 21.7. The number of amides is 1. The van der Waals surface area contributed by atoms with E-state index in [1.54, 1.807) is 24.1 Å². The van der Waals surface area contributed by atoms with Crippen LogP contribution < -0.4 is 9.47 Å². The first kappa shape index (κ1) is 26.3. The van der Waals surface area contributed by atoms with Crippen molar-refractivity contribution in [2.45, 2.75) is 45.8 Å². The molecule has 2 aromatic rings. The first-order valence-corrected chi connectivity index (χ1v) is 11.9. The number of carbonyl (C=O) groups is 2. The van der Waals surface area contributed by atoms with Gasteiger partial charge in [0.15, 0.2) is 0 Å². The van der Waals surface area contributed by atoms with Gasteiger partial charge in [0.25, 0.3) is 11.7 Å². The summed E-state index contributed by atoms with van der Waals surface area (Å²) in [6.07, 6.45) is 0.0248. The predicted molar refractivity (Wildman–Crippen MR) is 137 cm³/mol. The number of methoxy groups -OCH3 is 1. The van der Waals surface area contributed by atoms with Crippen LogP contribution in [0, 0.1) is 0 Å². The molecule has 35 heavy (non-hydrogen) atoms. The number of aliphatic hydroxyl groups excluding tert-OH is 1. The summed E-state index contributed by atoms with van der Waals surface area (Å²) in [5.74, 6) is 0.0671. The van der Waals surface area contributed by atoms with E-state index in [9.17, 15) is 14.7 Å². The lowest BCUT2D eigenvalue weighted by molar-refractivity contribution is -0.140. The molecular formula is C28H36N2O5. The van der Waals surface area contributed by atoms with Gasteiger partial charge in [-0.25, -0.2) is 0 Å². The molecule has 3 rings (SSSR count). The van der Waals surface area contributed by atoms with Crippen LogP contribution in [0.2, 0.25) is 0 Å². The van der Waals surface area contributed by atoms with Gasteiger partial charge in [0, 0.05) is 18.7 Å². The van der Waals surface area contributed by atoms with Crippen LogP contribution in [0.15, 0.2) is 48.0 Å². The summed E-state index contributed by atoms with van der Waals surface area (Å²) in [5, 5.41) is 11.4. The number of hydrogen-bond donors (Lipinski definition) is 1. The number of carbonyl (C=O) groups excluding carboxylic acids is 2. The molecule has 1 aliphatic rings. The predicted octanol–water partition coefficient (Wildman–Crippen LogP) is 4.59. The fourth-order valence-corrected chi connectivity index (χ4v) is 4.25. The Bertz CT molecular complexity index is 1100. The van der Waals surface area contributed by atoms with E-state index in [2.05, 4.69) is 0 Å². The third-order valence-electron chi connectivity index (χ3n) is 6.02. The number of Topliss-reactive ketones (excluding diaryl/α,β-unsaturated/α-hetero) is 1. The van der Waals surface area contributed by atoms with Crippen molar-refractivity contribution in [2.75, 3.05) is 34.3 Å². The lowest BCUT2D eigenvalue weighted by atomic mass is 9.93. The van der Waals surface area contributed by atoms with Gasteiger partial charge in [-0.3, -0.25) is 9.59 Å². The summed E-state index contributed by atoms with van der Waals surface area (Å²) >= 11 is 0. The van der Waals surface area contributed by atoms with Crippen LogP contribution >= 0.6 is 0 Å². The number of benzene rings is 2. The summed E-state index contributed by atoms with van der Waals surface area (Å²) in [4.78, 5) is 29.8. The molecule has 1 amide bonds. The van der Waals surface area contributed by atoms with E-state index < -0.39 is 17.7 Å². The molecule has 1 aliphatic heterocycles. The van der Waals surface area contributed by atoms with Gasteiger partial charge in [-0.2, -0.15) is 0 Å². The van der Waals surface area contributed by atoms with Crippen LogP contribution in [-0.2, 0) is 9.59 Å². The monoisotopic (exact) mass is 480 g/mol. The molecule has 1 saturated heterocycles. The van der Waals surface area contributed by atoms with Crippen LogP contribution in [0.4, 0.5) is 0 Å². The number of likely N-dealkylation sites (N-methyl/N-ethyl adjacent to an activating group) is 1. The summed E-state index contributed by atoms with van der Waals surface area (Å²) < 4.78 is 11.2. The molecule has 1 heterocycles. The average molecular weight is 481 g/mol.